The molecule has 0 aliphatic carbocycles. The van der Waals surface area contributed by atoms with Gasteiger partial charge in [-0.2, -0.15) is 0 Å². The molecule has 27 heavy (non-hydrogen) atoms. The second-order valence-corrected chi connectivity index (χ2v) is 8.16. The van der Waals surface area contributed by atoms with Gasteiger partial charge in [-0.05, 0) is 36.2 Å². The Morgan fingerprint density at radius 1 is 1.22 bits per heavy atom. The van der Waals surface area contributed by atoms with Crippen LogP contribution in [0.3, 0.4) is 0 Å². The lowest BCUT2D eigenvalue weighted by atomic mass is 10.1. The molecule has 1 aliphatic heterocycles. The Bertz CT molecular complexity index is 912. The molecule has 0 saturated heterocycles. The van der Waals surface area contributed by atoms with Crippen molar-refractivity contribution in [2.24, 2.45) is 0 Å². The molecule has 0 aromatic heterocycles. The van der Waals surface area contributed by atoms with Gasteiger partial charge in [0, 0.05) is 6.54 Å². The molecule has 0 unspecified atom stereocenters. The summed E-state index contributed by atoms with van der Waals surface area (Å²) in [6.45, 7) is 0.371. The molecule has 1 atom stereocenters. The molecule has 2 aromatic carbocycles. The third kappa shape index (κ3) is 4.51. The summed E-state index contributed by atoms with van der Waals surface area (Å²) in [7, 11) is -1.91. The summed E-state index contributed by atoms with van der Waals surface area (Å²) in [5, 5.41) is 2.82. The number of carbonyl (C=O) groups excluding carboxylic acids is 1. The molecular weight excluding hydrogens is 368 g/mol. The number of carbonyl (C=O) groups is 1. The van der Waals surface area contributed by atoms with Crippen molar-refractivity contribution in [3.63, 3.8) is 0 Å². The van der Waals surface area contributed by atoms with Gasteiger partial charge in [0.2, 0.25) is 10.0 Å². The molecule has 3 rings (SSSR count). The van der Waals surface area contributed by atoms with Crippen molar-refractivity contribution in [2.75, 3.05) is 30.8 Å². The highest BCUT2D eigenvalue weighted by atomic mass is 32.2. The average Bonchev–Trinajstić information content (AvgIpc) is 2.66. The van der Waals surface area contributed by atoms with E-state index in [2.05, 4.69) is 5.32 Å². The molecule has 0 bridgehead atoms. The number of hydrogen-bond donors (Lipinski definition) is 1. The van der Waals surface area contributed by atoms with Gasteiger partial charge in [-0.1, -0.05) is 24.3 Å². The number of rotatable bonds is 6. The second-order valence-electron chi connectivity index (χ2n) is 6.26. The quantitative estimate of drug-likeness (QED) is 0.810. The number of ether oxygens (including phenoxy) is 2. The highest BCUT2D eigenvalue weighted by Gasteiger charge is 2.34. The van der Waals surface area contributed by atoms with Crippen LogP contribution >= 0.6 is 0 Å². The molecule has 8 heteroatoms. The standard InChI is InChI=1S/C19H22N2O5S/c1-25-15-9-7-14(8-10-15)11-12-20-19(22)18-13-21(27(2,23)24)16-5-3-4-6-17(16)26-18/h3-10,18H,11-13H2,1-2H3,(H,20,22)/t18-/m0/s1. The molecule has 0 spiro atoms. The molecule has 0 radical (unpaired) electrons. The minimum absolute atomic E-state index is 0.0514. The first-order valence-corrected chi connectivity index (χ1v) is 10.4. The van der Waals surface area contributed by atoms with E-state index in [1.165, 1.54) is 4.31 Å². The predicted octanol–water partition coefficient (Wildman–Crippen LogP) is 1.58. The van der Waals surface area contributed by atoms with Crippen LogP contribution in [0.5, 0.6) is 11.5 Å². The molecule has 0 saturated carbocycles. The number of nitrogens with one attached hydrogen (secondary N) is 1. The molecule has 7 nitrogen and oxygen atoms in total. The number of fused-ring (bicyclic) bond motifs is 1. The van der Waals surface area contributed by atoms with E-state index < -0.39 is 16.1 Å². The van der Waals surface area contributed by atoms with Crippen LogP contribution in [-0.2, 0) is 21.2 Å². The zero-order chi connectivity index (χ0) is 19.4. The first-order chi connectivity index (χ1) is 12.9. The van der Waals surface area contributed by atoms with Crippen LogP contribution < -0.4 is 19.1 Å². The molecule has 1 aliphatic rings. The Kier molecular flexibility index (Phi) is 5.55. The molecule has 144 valence electrons. The van der Waals surface area contributed by atoms with Gasteiger partial charge in [0.15, 0.2) is 6.10 Å². The fraction of sp³-hybridized carbons (Fsp3) is 0.316. The lowest BCUT2D eigenvalue weighted by Gasteiger charge is -2.33. The summed E-state index contributed by atoms with van der Waals surface area (Å²) in [5.74, 6) is 0.814. The van der Waals surface area contributed by atoms with Gasteiger partial charge < -0.3 is 14.8 Å². The van der Waals surface area contributed by atoms with Crippen molar-refractivity contribution in [2.45, 2.75) is 12.5 Å². The lowest BCUT2D eigenvalue weighted by molar-refractivity contribution is -0.127. The number of para-hydroxylation sites is 2. The summed E-state index contributed by atoms with van der Waals surface area (Å²) in [6.07, 6.45) is 0.869. The molecule has 1 N–H and O–H groups in total. The van der Waals surface area contributed by atoms with E-state index in [0.717, 1.165) is 17.6 Å². The number of anilines is 1. The Hall–Kier alpha value is -2.74. The molecular formula is C19H22N2O5S. The van der Waals surface area contributed by atoms with Gasteiger partial charge in [-0.3, -0.25) is 9.10 Å². The average molecular weight is 390 g/mol. The van der Waals surface area contributed by atoms with Gasteiger partial charge in [0.05, 0.1) is 25.6 Å². The molecule has 1 heterocycles. The third-order valence-corrected chi connectivity index (χ3v) is 5.45. The van der Waals surface area contributed by atoms with E-state index in [1.54, 1.807) is 31.4 Å². The monoisotopic (exact) mass is 390 g/mol. The van der Waals surface area contributed by atoms with Crippen molar-refractivity contribution in [3.8, 4) is 11.5 Å². The van der Waals surface area contributed by atoms with Crippen LogP contribution in [0.1, 0.15) is 5.56 Å². The summed E-state index contributed by atoms with van der Waals surface area (Å²) in [4.78, 5) is 12.5. The number of benzene rings is 2. The molecule has 2 aromatic rings. The van der Waals surface area contributed by atoms with Crippen LogP contribution in [0.25, 0.3) is 0 Å². The van der Waals surface area contributed by atoms with E-state index in [1.807, 2.05) is 24.3 Å². The van der Waals surface area contributed by atoms with E-state index in [-0.39, 0.29) is 12.5 Å². The Morgan fingerprint density at radius 2 is 1.93 bits per heavy atom. The highest BCUT2D eigenvalue weighted by molar-refractivity contribution is 7.92. The number of hydrogen-bond acceptors (Lipinski definition) is 5. The smallest absolute Gasteiger partial charge is 0.263 e. The zero-order valence-electron chi connectivity index (χ0n) is 15.2. The SMILES string of the molecule is COc1ccc(CCNC(=O)[C@@H]2CN(S(C)(=O)=O)c3ccccc3O2)cc1. The minimum atomic E-state index is -3.51. The second kappa shape index (κ2) is 7.87. The van der Waals surface area contributed by atoms with Crippen molar-refractivity contribution in [1.82, 2.24) is 5.32 Å². The van der Waals surface area contributed by atoms with Crippen LogP contribution in [-0.4, -0.2) is 46.9 Å². The zero-order valence-corrected chi connectivity index (χ0v) is 16.0. The van der Waals surface area contributed by atoms with Crippen LogP contribution in [0.2, 0.25) is 0 Å². The summed E-state index contributed by atoms with van der Waals surface area (Å²) in [6, 6.07) is 14.4. The van der Waals surface area contributed by atoms with Crippen molar-refractivity contribution >= 4 is 21.6 Å². The Balaban J connectivity index is 1.63. The van der Waals surface area contributed by atoms with Crippen LogP contribution in [0, 0.1) is 0 Å². The third-order valence-electron chi connectivity index (χ3n) is 4.30. The largest absolute Gasteiger partial charge is 0.497 e. The Labute approximate surface area is 158 Å². The van der Waals surface area contributed by atoms with E-state index in [4.69, 9.17) is 9.47 Å². The summed E-state index contributed by atoms with van der Waals surface area (Å²) in [5.41, 5.74) is 1.51. The topological polar surface area (TPSA) is 84.9 Å². The van der Waals surface area contributed by atoms with Crippen molar-refractivity contribution in [1.29, 1.82) is 0 Å². The van der Waals surface area contributed by atoms with Crippen LogP contribution in [0.15, 0.2) is 48.5 Å². The lowest BCUT2D eigenvalue weighted by Crippen LogP contribution is -2.50. The first kappa shape index (κ1) is 19.0. The maximum atomic E-state index is 12.5. The van der Waals surface area contributed by atoms with Gasteiger partial charge >= 0.3 is 0 Å². The molecule has 1 amide bonds. The van der Waals surface area contributed by atoms with Gasteiger partial charge in [0.25, 0.3) is 5.91 Å². The first-order valence-electron chi connectivity index (χ1n) is 8.52. The number of methoxy groups -OCH3 is 1. The normalized spacial score (nSPS) is 16.2. The minimum Gasteiger partial charge on any atom is -0.497 e. The summed E-state index contributed by atoms with van der Waals surface area (Å²) < 4.78 is 36.2. The number of nitrogens with zero attached hydrogens (tertiary/aromatic N) is 1. The van der Waals surface area contributed by atoms with E-state index >= 15 is 0 Å². The fourth-order valence-electron chi connectivity index (χ4n) is 2.89. The predicted molar refractivity (Wildman–Crippen MR) is 103 cm³/mol. The van der Waals surface area contributed by atoms with Gasteiger partial charge in [-0.25, -0.2) is 8.42 Å². The van der Waals surface area contributed by atoms with Gasteiger partial charge in [0.1, 0.15) is 11.5 Å². The van der Waals surface area contributed by atoms with Gasteiger partial charge in [-0.15, -0.1) is 0 Å². The fourth-order valence-corrected chi connectivity index (χ4v) is 3.80. The van der Waals surface area contributed by atoms with Crippen molar-refractivity contribution < 1.29 is 22.7 Å². The highest BCUT2D eigenvalue weighted by Crippen LogP contribution is 2.34. The maximum Gasteiger partial charge on any atom is 0.263 e. The number of amides is 1. The van der Waals surface area contributed by atoms with Crippen LogP contribution in [0.4, 0.5) is 5.69 Å². The van der Waals surface area contributed by atoms with E-state index in [0.29, 0.717) is 24.4 Å². The number of sulfonamides is 1. The van der Waals surface area contributed by atoms with E-state index in [9.17, 15) is 13.2 Å². The Morgan fingerprint density at radius 3 is 2.59 bits per heavy atom. The molecule has 0 fully saturated rings. The van der Waals surface area contributed by atoms with Crippen molar-refractivity contribution in [3.05, 3.63) is 54.1 Å². The summed E-state index contributed by atoms with van der Waals surface area (Å²) >= 11 is 0. The maximum absolute atomic E-state index is 12.5.